The summed E-state index contributed by atoms with van der Waals surface area (Å²) < 4.78 is 0. The van der Waals surface area contributed by atoms with Crippen molar-refractivity contribution in [3.8, 4) is 0 Å². The second-order valence-electron chi connectivity index (χ2n) is 6.40. The smallest absolute Gasteiger partial charge is 0.0868 e. The van der Waals surface area contributed by atoms with Gasteiger partial charge in [0.15, 0.2) is 0 Å². The fraction of sp³-hybridized carbons (Fsp3) is 0.647. The van der Waals surface area contributed by atoms with Gasteiger partial charge in [-0.2, -0.15) is 0 Å². The van der Waals surface area contributed by atoms with E-state index in [2.05, 4.69) is 32.0 Å². The van der Waals surface area contributed by atoms with Crippen LogP contribution < -0.4 is 0 Å². The average Bonchev–Trinajstić information content (AvgIpc) is 2.36. The minimum Gasteiger partial charge on any atom is -0.385 e. The molecule has 1 aliphatic rings. The highest BCUT2D eigenvalue weighted by molar-refractivity contribution is 5.36. The molecule has 1 atom stereocenters. The van der Waals surface area contributed by atoms with E-state index in [1.165, 1.54) is 36.8 Å². The molecule has 0 heterocycles. The molecule has 1 aromatic carbocycles. The Morgan fingerprint density at radius 3 is 2.50 bits per heavy atom. The summed E-state index contributed by atoms with van der Waals surface area (Å²) in [7, 11) is 0. The number of rotatable bonds is 4. The monoisotopic (exact) mass is 246 g/mol. The SMILES string of the molecule is CC(C)CCC(C)(O)c1ccc2c(c1)CCCC2. The summed E-state index contributed by atoms with van der Waals surface area (Å²) in [5.74, 6) is 0.647. The van der Waals surface area contributed by atoms with E-state index >= 15 is 0 Å². The molecular weight excluding hydrogens is 220 g/mol. The average molecular weight is 246 g/mol. The van der Waals surface area contributed by atoms with Crippen LogP contribution in [-0.4, -0.2) is 5.11 Å². The third kappa shape index (κ3) is 3.14. The largest absolute Gasteiger partial charge is 0.385 e. The predicted molar refractivity (Wildman–Crippen MR) is 76.7 cm³/mol. The Hall–Kier alpha value is -0.820. The second-order valence-corrected chi connectivity index (χ2v) is 6.40. The Labute approximate surface area is 111 Å². The molecule has 2 rings (SSSR count). The van der Waals surface area contributed by atoms with Crippen LogP contribution in [0.4, 0.5) is 0 Å². The maximum Gasteiger partial charge on any atom is 0.0868 e. The summed E-state index contributed by atoms with van der Waals surface area (Å²) >= 11 is 0. The molecule has 0 amide bonds. The van der Waals surface area contributed by atoms with Crippen molar-refractivity contribution in [1.82, 2.24) is 0 Å². The van der Waals surface area contributed by atoms with Crippen molar-refractivity contribution < 1.29 is 5.11 Å². The molecule has 1 aromatic rings. The molecule has 1 heteroatoms. The molecule has 0 saturated heterocycles. The van der Waals surface area contributed by atoms with Crippen molar-refractivity contribution in [2.24, 2.45) is 5.92 Å². The molecule has 1 unspecified atom stereocenters. The molecule has 1 aliphatic carbocycles. The molecule has 0 spiro atoms. The Morgan fingerprint density at radius 2 is 1.83 bits per heavy atom. The minimum atomic E-state index is -0.670. The molecule has 1 nitrogen and oxygen atoms in total. The lowest BCUT2D eigenvalue weighted by Gasteiger charge is -2.27. The van der Waals surface area contributed by atoms with Crippen molar-refractivity contribution in [3.63, 3.8) is 0 Å². The van der Waals surface area contributed by atoms with Gasteiger partial charge in [0.1, 0.15) is 0 Å². The number of hydrogen-bond acceptors (Lipinski definition) is 1. The van der Waals surface area contributed by atoms with E-state index in [0.29, 0.717) is 5.92 Å². The molecule has 100 valence electrons. The lowest BCUT2D eigenvalue weighted by molar-refractivity contribution is 0.0419. The quantitative estimate of drug-likeness (QED) is 0.843. The van der Waals surface area contributed by atoms with Gasteiger partial charge in [0, 0.05) is 0 Å². The first kappa shape index (κ1) is 13.6. The summed E-state index contributed by atoms with van der Waals surface area (Å²) in [5.41, 5.74) is 3.38. The van der Waals surface area contributed by atoms with Crippen LogP contribution in [0.15, 0.2) is 18.2 Å². The van der Waals surface area contributed by atoms with Gasteiger partial charge in [0.05, 0.1) is 5.60 Å². The Kier molecular flexibility index (Phi) is 4.11. The van der Waals surface area contributed by atoms with E-state index in [1.54, 1.807) is 0 Å². The molecule has 0 aliphatic heterocycles. The zero-order chi connectivity index (χ0) is 13.2. The molecule has 0 radical (unpaired) electrons. The lowest BCUT2D eigenvalue weighted by Crippen LogP contribution is -2.22. The standard InChI is InChI=1S/C17H26O/c1-13(2)10-11-17(3,18)16-9-8-14-6-4-5-7-15(14)12-16/h8-9,12-13,18H,4-7,10-11H2,1-3H3. The van der Waals surface area contributed by atoms with E-state index in [1.807, 2.05) is 6.92 Å². The fourth-order valence-electron chi connectivity index (χ4n) is 2.78. The van der Waals surface area contributed by atoms with Crippen LogP contribution in [0.2, 0.25) is 0 Å². The van der Waals surface area contributed by atoms with Gasteiger partial charge >= 0.3 is 0 Å². The van der Waals surface area contributed by atoms with E-state index in [9.17, 15) is 5.11 Å². The highest BCUT2D eigenvalue weighted by Gasteiger charge is 2.24. The highest BCUT2D eigenvalue weighted by Crippen LogP contribution is 2.31. The molecule has 1 N–H and O–H groups in total. The van der Waals surface area contributed by atoms with Gasteiger partial charge in [0.2, 0.25) is 0 Å². The summed E-state index contributed by atoms with van der Waals surface area (Å²) in [6.45, 7) is 6.38. The molecule has 0 fully saturated rings. The molecule has 0 bridgehead atoms. The van der Waals surface area contributed by atoms with Gasteiger partial charge in [0.25, 0.3) is 0 Å². The summed E-state index contributed by atoms with van der Waals surface area (Å²) in [4.78, 5) is 0. The third-order valence-corrected chi connectivity index (χ3v) is 4.18. The number of aryl methyl sites for hydroxylation is 2. The number of aliphatic hydroxyl groups is 1. The van der Waals surface area contributed by atoms with Gasteiger partial charge in [-0.05, 0) is 68.1 Å². The van der Waals surface area contributed by atoms with E-state index in [4.69, 9.17) is 0 Å². The van der Waals surface area contributed by atoms with Crippen LogP contribution in [0.1, 0.15) is 63.1 Å². The first-order valence-electron chi connectivity index (χ1n) is 7.34. The van der Waals surface area contributed by atoms with E-state index in [-0.39, 0.29) is 0 Å². The minimum absolute atomic E-state index is 0.647. The predicted octanol–water partition coefficient (Wildman–Crippen LogP) is 4.21. The highest BCUT2D eigenvalue weighted by atomic mass is 16.3. The molecular formula is C17H26O. The summed E-state index contributed by atoms with van der Waals surface area (Å²) in [6, 6.07) is 6.60. The maximum absolute atomic E-state index is 10.6. The first-order valence-corrected chi connectivity index (χ1v) is 7.34. The summed E-state index contributed by atoms with van der Waals surface area (Å²) in [5, 5.41) is 10.6. The third-order valence-electron chi connectivity index (χ3n) is 4.18. The van der Waals surface area contributed by atoms with Crippen LogP contribution >= 0.6 is 0 Å². The van der Waals surface area contributed by atoms with Crippen molar-refractivity contribution in [2.45, 2.75) is 64.9 Å². The van der Waals surface area contributed by atoms with Crippen LogP contribution in [0.25, 0.3) is 0 Å². The number of fused-ring (bicyclic) bond motifs is 1. The van der Waals surface area contributed by atoms with Gasteiger partial charge in [-0.25, -0.2) is 0 Å². The summed E-state index contributed by atoms with van der Waals surface area (Å²) in [6.07, 6.45) is 6.93. The van der Waals surface area contributed by atoms with Crippen molar-refractivity contribution in [1.29, 1.82) is 0 Å². The fourth-order valence-corrected chi connectivity index (χ4v) is 2.78. The zero-order valence-electron chi connectivity index (χ0n) is 12.0. The van der Waals surface area contributed by atoms with E-state index in [0.717, 1.165) is 18.4 Å². The van der Waals surface area contributed by atoms with Gasteiger partial charge in [-0.3, -0.25) is 0 Å². The molecule has 18 heavy (non-hydrogen) atoms. The van der Waals surface area contributed by atoms with E-state index < -0.39 is 5.60 Å². The van der Waals surface area contributed by atoms with Crippen LogP contribution in [-0.2, 0) is 18.4 Å². The Morgan fingerprint density at radius 1 is 1.17 bits per heavy atom. The Bertz CT molecular complexity index is 404. The van der Waals surface area contributed by atoms with Crippen molar-refractivity contribution in [2.75, 3.05) is 0 Å². The van der Waals surface area contributed by atoms with Gasteiger partial charge < -0.3 is 5.11 Å². The van der Waals surface area contributed by atoms with Crippen LogP contribution in [0, 0.1) is 5.92 Å². The number of benzene rings is 1. The lowest BCUT2D eigenvalue weighted by atomic mass is 9.84. The van der Waals surface area contributed by atoms with Crippen molar-refractivity contribution in [3.05, 3.63) is 34.9 Å². The van der Waals surface area contributed by atoms with Gasteiger partial charge in [-0.1, -0.05) is 32.0 Å². The van der Waals surface area contributed by atoms with Crippen LogP contribution in [0.3, 0.4) is 0 Å². The maximum atomic E-state index is 10.6. The molecule has 0 saturated carbocycles. The first-order chi connectivity index (χ1) is 8.49. The topological polar surface area (TPSA) is 20.2 Å². The second kappa shape index (κ2) is 5.44. The molecule has 0 aromatic heterocycles. The van der Waals surface area contributed by atoms with Crippen LogP contribution in [0.5, 0.6) is 0 Å². The normalized spacial score (nSPS) is 18.5. The zero-order valence-corrected chi connectivity index (χ0v) is 12.0. The van der Waals surface area contributed by atoms with Gasteiger partial charge in [-0.15, -0.1) is 0 Å². The van der Waals surface area contributed by atoms with Crippen molar-refractivity contribution >= 4 is 0 Å². The Balaban J connectivity index is 2.16. The number of hydrogen-bond donors (Lipinski definition) is 1.